The summed E-state index contributed by atoms with van der Waals surface area (Å²) in [6.07, 6.45) is -1.04. The molecule has 3 aromatic rings. The Kier molecular flexibility index (Phi) is 7.28. The van der Waals surface area contributed by atoms with Crippen LogP contribution in [0.4, 0.5) is 24.8 Å². The van der Waals surface area contributed by atoms with Crippen LogP contribution in [0.5, 0.6) is 5.88 Å². The molecule has 1 saturated carbocycles. The molecule has 0 unspecified atom stereocenters. The predicted octanol–water partition coefficient (Wildman–Crippen LogP) is 4.17. The average Bonchev–Trinajstić information content (AvgIpc) is 3.70. The molecule has 1 amide bonds. The van der Waals surface area contributed by atoms with E-state index in [1.54, 1.807) is 30.5 Å². The van der Waals surface area contributed by atoms with Gasteiger partial charge >= 0.3 is 6.18 Å². The highest BCUT2D eigenvalue weighted by Crippen LogP contribution is 2.34. The van der Waals surface area contributed by atoms with Crippen molar-refractivity contribution in [1.29, 1.82) is 0 Å². The number of hydrogen-bond acceptors (Lipinski definition) is 8. The molecule has 4 rings (SSSR count). The minimum absolute atomic E-state index is 0.301. The molecule has 1 aliphatic rings. The molecule has 1 aliphatic carbocycles. The number of hydrogen-bond donors (Lipinski definition) is 2. The molecular weight excluding hydrogens is 525 g/mol. The van der Waals surface area contributed by atoms with E-state index in [-0.39, 0.29) is 5.69 Å². The number of benzene rings is 1. The predicted molar refractivity (Wildman–Crippen MR) is 133 cm³/mol. The standard InChI is InChI=1S/C24H25F3N6O4S/c1-4-37-20-13-28-12-17(30-20)14-5-7-15(8-6-14)29-21(34)23(2,3)18-11-19(24(25,26)27)32-22(31-18)33-38(35,36)16-9-10-16/h5-8,11-13,16H,4,9-10H2,1-3H3,(H,29,34)(H,31,32,33). The van der Waals surface area contributed by atoms with Crippen LogP contribution in [0.25, 0.3) is 11.3 Å². The lowest BCUT2D eigenvalue weighted by Gasteiger charge is -2.24. The van der Waals surface area contributed by atoms with Crippen molar-refractivity contribution in [2.24, 2.45) is 0 Å². The highest BCUT2D eigenvalue weighted by atomic mass is 32.2. The second kappa shape index (κ2) is 10.2. The number of rotatable bonds is 9. The summed E-state index contributed by atoms with van der Waals surface area (Å²) in [5.41, 5.74) is -1.62. The molecule has 0 aliphatic heterocycles. The van der Waals surface area contributed by atoms with Crippen molar-refractivity contribution in [3.8, 4) is 17.1 Å². The van der Waals surface area contributed by atoms with E-state index in [4.69, 9.17) is 4.74 Å². The van der Waals surface area contributed by atoms with Crippen molar-refractivity contribution in [3.05, 3.63) is 54.1 Å². The van der Waals surface area contributed by atoms with Gasteiger partial charge in [-0.3, -0.25) is 14.5 Å². The van der Waals surface area contributed by atoms with Crippen molar-refractivity contribution >= 4 is 27.6 Å². The zero-order valence-corrected chi connectivity index (χ0v) is 21.5. The monoisotopic (exact) mass is 550 g/mol. The van der Waals surface area contributed by atoms with E-state index in [9.17, 15) is 26.4 Å². The van der Waals surface area contributed by atoms with E-state index in [0.29, 0.717) is 48.3 Å². The molecule has 0 spiro atoms. The Bertz CT molecular complexity index is 1440. The molecule has 2 aromatic heterocycles. The van der Waals surface area contributed by atoms with Crippen LogP contribution in [0.2, 0.25) is 0 Å². The fraction of sp³-hybridized carbons (Fsp3) is 0.375. The van der Waals surface area contributed by atoms with Gasteiger partial charge in [-0.2, -0.15) is 13.2 Å². The van der Waals surface area contributed by atoms with Gasteiger partial charge in [-0.1, -0.05) is 12.1 Å². The average molecular weight is 551 g/mol. The first-order valence-electron chi connectivity index (χ1n) is 11.6. The van der Waals surface area contributed by atoms with Gasteiger partial charge in [0.25, 0.3) is 0 Å². The number of ether oxygens (including phenoxy) is 1. The first-order chi connectivity index (χ1) is 17.8. The molecular formula is C24H25F3N6O4S. The number of alkyl halides is 3. The Balaban J connectivity index is 1.57. The molecule has 14 heteroatoms. The van der Waals surface area contributed by atoms with Gasteiger partial charge in [0.1, 0.15) is 5.69 Å². The van der Waals surface area contributed by atoms with Crippen LogP contribution in [0.15, 0.2) is 42.7 Å². The van der Waals surface area contributed by atoms with Gasteiger partial charge in [0.05, 0.1) is 41.1 Å². The van der Waals surface area contributed by atoms with Gasteiger partial charge in [0, 0.05) is 11.3 Å². The molecule has 10 nitrogen and oxygen atoms in total. The van der Waals surface area contributed by atoms with Gasteiger partial charge in [0.2, 0.25) is 27.8 Å². The molecule has 2 N–H and O–H groups in total. The number of halogens is 3. The first kappa shape index (κ1) is 27.2. The summed E-state index contributed by atoms with van der Waals surface area (Å²) in [6.45, 7) is 5.02. The summed E-state index contributed by atoms with van der Waals surface area (Å²) < 4.78 is 72.6. The fourth-order valence-corrected chi connectivity index (χ4v) is 4.65. The first-order valence-corrected chi connectivity index (χ1v) is 13.2. The molecule has 0 bridgehead atoms. The number of nitrogens with one attached hydrogen (secondary N) is 2. The molecule has 202 valence electrons. The SMILES string of the molecule is CCOc1cncc(-c2ccc(NC(=O)C(C)(C)c3cc(C(F)(F)F)nc(NS(=O)(=O)C4CC4)n3)cc2)n1. The van der Waals surface area contributed by atoms with Crippen LogP contribution in [0, 0.1) is 0 Å². The maximum absolute atomic E-state index is 13.5. The van der Waals surface area contributed by atoms with E-state index in [2.05, 4.69) is 25.3 Å². The smallest absolute Gasteiger partial charge is 0.433 e. The van der Waals surface area contributed by atoms with E-state index in [0.717, 1.165) is 0 Å². The minimum Gasteiger partial charge on any atom is -0.477 e. The number of anilines is 2. The second-order valence-electron chi connectivity index (χ2n) is 9.14. The van der Waals surface area contributed by atoms with Crippen molar-refractivity contribution in [1.82, 2.24) is 19.9 Å². The van der Waals surface area contributed by atoms with Gasteiger partial charge in [-0.25, -0.2) is 23.4 Å². The van der Waals surface area contributed by atoms with Gasteiger partial charge < -0.3 is 10.1 Å². The van der Waals surface area contributed by atoms with Crippen molar-refractivity contribution in [3.63, 3.8) is 0 Å². The van der Waals surface area contributed by atoms with E-state index in [1.807, 2.05) is 11.6 Å². The summed E-state index contributed by atoms with van der Waals surface area (Å²) in [5, 5.41) is 1.97. The van der Waals surface area contributed by atoms with E-state index in [1.165, 1.54) is 20.0 Å². The molecule has 2 heterocycles. The Hall–Kier alpha value is -3.81. The summed E-state index contributed by atoms with van der Waals surface area (Å²) >= 11 is 0. The largest absolute Gasteiger partial charge is 0.477 e. The lowest BCUT2D eigenvalue weighted by Crippen LogP contribution is -2.36. The van der Waals surface area contributed by atoms with Gasteiger partial charge in [-0.05, 0) is 51.8 Å². The van der Waals surface area contributed by atoms with Crippen molar-refractivity contribution < 1.29 is 31.1 Å². The van der Waals surface area contributed by atoms with Crippen LogP contribution in [-0.4, -0.2) is 46.1 Å². The van der Waals surface area contributed by atoms with Gasteiger partial charge in [-0.15, -0.1) is 0 Å². The maximum Gasteiger partial charge on any atom is 0.433 e. The lowest BCUT2D eigenvalue weighted by atomic mass is 9.87. The third kappa shape index (κ3) is 6.18. The van der Waals surface area contributed by atoms with E-state index < -0.39 is 44.4 Å². The number of sulfonamides is 1. The number of nitrogens with zero attached hydrogens (tertiary/aromatic N) is 4. The van der Waals surface area contributed by atoms with Crippen LogP contribution in [0.3, 0.4) is 0 Å². The molecule has 0 saturated heterocycles. The van der Waals surface area contributed by atoms with Crippen LogP contribution >= 0.6 is 0 Å². The quantitative estimate of drug-likeness (QED) is 0.405. The molecule has 0 radical (unpaired) electrons. The third-order valence-corrected chi connectivity index (χ3v) is 7.58. The summed E-state index contributed by atoms with van der Waals surface area (Å²) in [6, 6.07) is 7.24. The van der Waals surface area contributed by atoms with Crippen molar-refractivity contribution in [2.45, 2.75) is 50.5 Å². The van der Waals surface area contributed by atoms with Crippen LogP contribution < -0.4 is 14.8 Å². The van der Waals surface area contributed by atoms with E-state index >= 15 is 0 Å². The van der Waals surface area contributed by atoms with Gasteiger partial charge in [0.15, 0.2) is 0 Å². The zero-order valence-electron chi connectivity index (χ0n) is 20.7. The summed E-state index contributed by atoms with van der Waals surface area (Å²) in [5.74, 6) is -1.03. The summed E-state index contributed by atoms with van der Waals surface area (Å²) in [7, 11) is -3.93. The number of carbonyl (C=O) groups excluding carboxylic acids is 1. The fourth-order valence-electron chi connectivity index (χ4n) is 3.38. The Morgan fingerprint density at radius 3 is 2.32 bits per heavy atom. The lowest BCUT2D eigenvalue weighted by molar-refractivity contribution is -0.141. The molecule has 1 aromatic carbocycles. The minimum atomic E-state index is -4.89. The molecule has 38 heavy (non-hydrogen) atoms. The number of carbonyl (C=O) groups is 1. The van der Waals surface area contributed by atoms with Crippen molar-refractivity contribution in [2.75, 3.05) is 16.6 Å². The number of aromatic nitrogens is 4. The molecule has 0 atom stereocenters. The maximum atomic E-state index is 13.5. The second-order valence-corrected chi connectivity index (χ2v) is 11.1. The number of amides is 1. The highest BCUT2D eigenvalue weighted by Gasteiger charge is 2.40. The topological polar surface area (TPSA) is 136 Å². The Morgan fingerprint density at radius 2 is 1.71 bits per heavy atom. The normalized spacial score (nSPS) is 14.2. The Labute approximate surface area is 217 Å². The third-order valence-electron chi connectivity index (χ3n) is 5.76. The summed E-state index contributed by atoms with van der Waals surface area (Å²) in [4.78, 5) is 28.9. The molecule has 1 fully saturated rings. The zero-order chi connectivity index (χ0) is 27.7. The highest BCUT2D eigenvalue weighted by molar-refractivity contribution is 7.93. The van der Waals surface area contributed by atoms with Crippen LogP contribution in [0.1, 0.15) is 45.0 Å². The Morgan fingerprint density at radius 1 is 1.05 bits per heavy atom. The van der Waals surface area contributed by atoms with Crippen LogP contribution in [-0.2, 0) is 26.4 Å².